The van der Waals surface area contributed by atoms with Crippen molar-refractivity contribution in [3.63, 3.8) is 0 Å². The lowest BCUT2D eigenvalue weighted by Gasteiger charge is -2.20. The van der Waals surface area contributed by atoms with Gasteiger partial charge in [0.2, 0.25) is 0 Å². The fraction of sp³-hybridized carbons (Fsp3) is 0.273. The molecule has 1 aromatic carbocycles. The van der Waals surface area contributed by atoms with E-state index in [0.29, 0.717) is 33.0 Å². The number of aromatic nitrogens is 3. The lowest BCUT2D eigenvalue weighted by molar-refractivity contribution is -0.140. The lowest BCUT2D eigenvalue weighted by Crippen LogP contribution is -2.23. The maximum atomic E-state index is 13.2. The Labute approximate surface area is 185 Å². The highest BCUT2D eigenvalue weighted by Crippen LogP contribution is 2.35. The van der Waals surface area contributed by atoms with Gasteiger partial charge in [0.1, 0.15) is 10.5 Å². The Morgan fingerprint density at radius 2 is 1.72 bits per heavy atom. The summed E-state index contributed by atoms with van der Waals surface area (Å²) >= 11 is 0.938. The van der Waals surface area contributed by atoms with Gasteiger partial charge in [-0.25, -0.2) is 15.0 Å². The molecule has 1 saturated heterocycles. The number of amides is 1. The number of rotatable bonds is 3. The molecule has 1 aliphatic heterocycles. The first-order valence-corrected chi connectivity index (χ1v) is 10.9. The molecule has 0 radical (unpaired) electrons. The SMILES string of the molecule is Cc1c(C(=O)Nc2nc3ccccc3nc2N2CCCC2)sc2nc(C(F)(F)F)ccc12. The van der Waals surface area contributed by atoms with E-state index in [9.17, 15) is 18.0 Å². The Hall–Kier alpha value is -3.27. The number of carbonyl (C=O) groups is 1. The molecule has 1 amide bonds. The van der Waals surface area contributed by atoms with Crippen molar-refractivity contribution in [2.75, 3.05) is 23.3 Å². The number of fused-ring (bicyclic) bond motifs is 2. The molecule has 3 aromatic heterocycles. The Kier molecular flexibility index (Phi) is 4.96. The molecule has 0 spiro atoms. The minimum absolute atomic E-state index is 0.173. The molecule has 32 heavy (non-hydrogen) atoms. The zero-order valence-electron chi connectivity index (χ0n) is 17.0. The van der Waals surface area contributed by atoms with E-state index >= 15 is 0 Å². The first kappa shape index (κ1) is 20.6. The third kappa shape index (κ3) is 3.64. The van der Waals surface area contributed by atoms with Gasteiger partial charge in [-0.05, 0) is 49.6 Å². The summed E-state index contributed by atoms with van der Waals surface area (Å²) in [4.78, 5) is 28.8. The number of nitrogens with one attached hydrogen (secondary N) is 1. The van der Waals surface area contributed by atoms with Crippen LogP contribution in [0, 0.1) is 6.92 Å². The van der Waals surface area contributed by atoms with E-state index in [0.717, 1.165) is 48.9 Å². The molecular weight excluding hydrogens is 439 g/mol. The summed E-state index contributed by atoms with van der Waals surface area (Å²) in [6, 6.07) is 9.71. The summed E-state index contributed by atoms with van der Waals surface area (Å²) in [5, 5.41) is 3.37. The third-order valence-corrected chi connectivity index (χ3v) is 6.69. The van der Waals surface area contributed by atoms with Crippen LogP contribution >= 0.6 is 11.3 Å². The standard InChI is InChI=1S/C22H18F3N5OS/c1-12-13-8-9-16(22(23,24)25)28-21(13)32-17(12)20(31)29-18-19(30-10-4-5-11-30)27-15-7-3-2-6-14(15)26-18/h2-3,6-9H,4-5,10-11H2,1H3,(H,26,29,31). The predicted molar refractivity (Wildman–Crippen MR) is 118 cm³/mol. The molecule has 164 valence electrons. The van der Waals surface area contributed by atoms with Gasteiger partial charge < -0.3 is 10.2 Å². The van der Waals surface area contributed by atoms with E-state index in [1.165, 1.54) is 6.07 Å². The molecule has 4 aromatic rings. The minimum atomic E-state index is -4.54. The molecule has 0 aliphatic carbocycles. The third-order valence-electron chi connectivity index (χ3n) is 5.49. The van der Waals surface area contributed by atoms with Gasteiger partial charge in [-0.15, -0.1) is 11.3 Å². The normalized spacial score (nSPS) is 14.4. The Morgan fingerprint density at radius 1 is 1.03 bits per heavy atom. The van der Waals surface area contributed by atoms with Crippen molar-refractivity contribution >= 4 is 50.1 Å². The number of pyridine rings is 1. The number of nitrogens with zero attached hydrogens (tertiary/aromatic N) is 4. The van der Waals surface area contributed by atoms with E-state index in [1.807, 2.05) is 24.3 Å². The molecule has 5 rings (SSSR count). The Balaban J connectivity index is 1.54. The van der Waals surface area contributed by atoms with Crippen LogP contribution in [0.1, 0.15) is 33.8 Å². The van der Waals surface area contributed by atoms with Crippen LogP contribution in [0.25, 0.3) is 21.3 Å². The van der Waals surface area contributed by atoms with Crippen LogP contribution < -0.4 is 10.2 Å². The molecule has 0 atom stereocenters. The molecule has 1 fully saturated rings. The largest absolute Gasteiger partial charge is 0.433 e. The van der Waals surface area contributed by atoms with E-state index in [1.54, 1.807) is 6.92 Å². The highest BCUT2D eigenvalue weighted by molar-refractivity contribution is 7.20. The summed E-state index contributed by atoms with van der Waals surface area (Å²) in [5.41, 5.74) is 0.986. The quantitative estimate of drug-likeness (QED) is 0.445. The zero-order valence-corrected chi connectivity index (χ0v) is 17.8. The maximum absolute atomic E-state index is 13.2. The van der Waals surface area contributed by atoms with Gasteiger partial charge in [-0.1, -0.05) is 12.1 Å². The number of halogens is 3. The predicted octanol–water partition coefficient (Wildman–Crippen LogP) is 5.42. The molecule has 4 heterocycles. The van der Waals surface area contributed by atoms with Gasteiger partial charge >= 0.3 is 6.18 Å². The number of carbonyl (C=O) groups excluding carboxylic acids is 1. The molecule has 0 bridgehead atoms. The second-order valence-corrected chi connectivity index (χ2v) is 8.64. The molecular formula is C22H18F3N5OS. The zero-order chi connectivity index (χ0) is 22.5. The number of hydrogen-bond donors (Lipinski definition) is 1. The lowest BCUT2D eigenvalue weighted by atomic mass is 10.2. The van der Waals surface area contributed by atoms with Gasteiger partial charge in [-0.2, -0.15) is 13.2 Å². The van der Waals surface area contributed by atoms with Gasteiger partial charge in [0.15, 0.2) is 11.6 Å². The van der Waals surface area contributed by atoms with Gasteiger partial charge in [-0.3, -0.25) is 4.79 Å². The molecule has 6 nitrogen and oxygen atoms in total. The summed E-state index contributed by atoms with van der Waals surface area (Å²) in [5.74, 6) is 0.506. The summed E-state index contributed by atoms with van der Waals surface area (Å²) in [6.07, 6.45) is -2.48. The Bertz CT molecular complexity index is 1340. The molecule has 1 N–H and O–H groups in total. The smallest absolute Gasteiger partial charge is 0.354 e. The van der Waals surface area contributed by atoms with Crippen LogP contribution in [0.2, 0.25) is 0 Å². The summed E-state index contributed by atoms with van der Waals surface area (Å²) < 4.78 is 39.1. The van der Waals surface area contributed by atoms with Gasteiger partial charge in [0.25, 0.3) is 5.91 Å². The van der Waals surface area contributed by atoms with Crippen molar-refractivity contribution in [1.82, 2.24) is 15.0 Å². The maximum Gasteiger partial charge on any atom is 0.433 e. The number of anilines is 2. The number of benzene rings is 1. The van der Waals surface area contributed by atoms with Crippen LogP contribution in [0.4, 0.5) is 24.8 Å². The minimum Gasteiger partial charge on any atom is -0.354 e. The monoisotopic (exact) mass is 457 g/mol. The highest BCUT2D eigenvalue weighted by atomic mass is 32.1. The molecule has 10 heteroatoms. The second kappa shape index (κ2) is 7.70. The van der Waals surface area contributed by atoms with E-state index < -0.39 is 17.8 Å². The topological polar surface area (TPSA) is 71.0 Å². The van der Waals surface area contributed by atoms with Crippen LogP contribution in [0.5, 0.6) is 0 Å². The highest BCUT2D eigenvalue weighted by Gasteiger charge is 2.33. The number of aryl methyl sites for hydroxylation is 1. The fourth-order valence-electron chi connectivity index (χ4n) is 3.86. The first-order valence-electron chi connectivity index (χ1n) is 10.1. The second-order valence-electron chi connectivity index (χ2n) is 7.64. The van der Waals surface area contributed by atoms with E-state index in [4.69, 9.17) is 4.98 Å². The van der Waals surface area contributed by atoms with Gasteiger partial charge in [0.05, 0.1) is 15.9 Å². The van der Waals surface area contributed by atoms with Crippen molar-refractivity contribution in [1.29, 1.82) is 0 Å². The van der Waals surface area contributed by atoms with Crippen molar-refractivity contribution in [2.45, 2.75) is 25.9 Å². The Morgan fingerprint density at radius 3 is 2.41 bits per heavy atom. The molecule has 0 saturated carbocycles. The first-order chi connectivity index (χ1) is 15.3. The molecule has 1 aliphatic rings. The van der Waals surface area contributed by atoms with Crippen molar-refractivity contribution in [2.24, 2.45) is 0 Å². The van der Waals surface area contributed by atoms with Crippen LogP contribution in [-0.4, -0.2) is 33.9 Å². The number of thiophene rings is 1. The average molecular weight is 457 g/mol. The number of alkyl halides is 3. The summed E-state index contributed by atoms with van der Waals surface area (Å²) in [6.45, 7) is 3.35. The number of hydrogen-bond acceptors (Lipinski definition) is 6. The van der Waals surface area contributed by atoms with Crippen molar-refractivity contribution in [3.8, 4) is 0 Å². The summed E-state index contributed by atoms with van der Waals surface area (Å²) in [7, 11) is 0. The van der Waals surface area contributed by atoms with Crippen molar-refractivity contribution in [3.05, 3.63) is 52.5 Å². The van der Waals surface area contributed by atoms with Crippen LogP contribution in [-0.2, 0) is 6.18 Å². The van der Waals surface area contributed by atoms with Crippen LogP contribution in [0.3, 0.4) is 0 Å². The van der Waals surface area contributed by atoms with Gasteiger partial charge in [0, 0.05) is 18.5 Å². The van der Waals surface area contributed by atoms with Crippen molar-refractivity contribution < 1.29 is 18.0 Å². The van der Waals surface area contributed by atoms with E-state index in [2.05, 4.69) is 20.2 Å². The molecule has 0 unspecified atom stereocenters. The van der Waals surface area contributed by atoms with Crippen LogP contribution in [0.15, 0.2) is 36.4 Å². The fourth-order valence-corrected chi connectivity index (χ4v) is 4.94. The average Bonchev–Trinajstić information content (AvgIpc) is 3.41. The number of para-hydroxylation sites is 2. The van der Waals surface area contributed by atoms with E-state index in [-0.39, 0.29) is 4.83 Å².